The predicted octanol–water partition coefficient (Wildman–Crippen LogP) is 2.29. The Labute approximate surface area is 127 Å². The van der Waals surface area contributed by atoms with Gasteiger partial charge in [-0.05, 0) is 25.0 Å². The van der Waals surface area contributed by atoms with E-state index in [-0.39, 0.29) is 12.3 Å². The topological polar surface area (TPSA) is 85.1 Å². The van der Waals surface area contributed by atoms with E-state index in [1.54, 1.807) is 36.5 Å². The lowest BCUT2D eigenvalue weighted by Crippen LogP contribution is -2.20. The maximum absolute atomic E-state index is 12.1. The number of nitrogens with one attached hydrogen (secondary N) is 1. The highest BCUT2D eigenvalue weighted by Crippen LogP contribution is 2.19. The van der Waals surface area contributed by atoms with Crippen LogP contribution in [0.2, 0.25) is 0 Å². The summed E-state index contributed by atoms with van der Waals surface area (Å²) in [6, 6.07) is 5.22. The molecule has 3 N–H and O–H groups in total. The van der Waals surface area contributed by atoms with Crippen LogP contribution in [0, 0.1) is 6.92 Å². The molecule has 0 aliphatic heterocycles. The molecule has 0 spiro atoms. The molecule has 0 radical (unpaired) electrons. The van der Waals surface area contributed by atoms with Crippen LogP contribution in [0.25, 0.3) is 0 Å². The molecule has 6 heteroatoms. The number of carbonyl (C=O) groups is 2. The Balaban J connectivity index is 2.13. The average Bonchev–Trinajstić information content (AvgIpc) is 2.85. The SMILES string of the molecule is CCc1nc(CC(=O)Nc2cccc(C)c2C(N)=O)cs1. The van der Waals surface area contributed by atoms with Gasteiger partial charge in [-0.1, -0.05) is 19.1 Å². The van der Waals surface area contributed by atoms with Gasteiger partial charge in [-0.2, -0.15) is 0 Å². The number of hydrogen-bond donors (Lipinski definition) is 2. The Morgan fingerprint density at radius 2 is 2.14 bits per heavy atom. The van der Waals surface area contributed by atoms with E-state index >= 15 is 0 Å². The van der Waals surface area contributed by atoms with Crippen LogP contribution in [-0.2, 0) is 17.6 Å². The first-order chi connectivity index (χ1) is 10.0. The summed E-state index contributed by atoms with van der Waals surface area (Å²) >= 11 is 1.54. The molecule has 2 aromatic rings. The van der Waals surface area contributed by atoms with Crippen LogP contribution in [0.5, 0.6) is 0 Å². The smallest absolute Gasteiger partial charge is 0.251 e. The minimum atomic E-state index is -0.551. The third-order valence-electron chi connectivity index (χ3n) is 3.04. The molecule has 0 aliphatic rings. The lowest BCUT2D eigenvalue weighted by atomic mass is 10.1. The van der Waals surface area contributed by atoms with Crippen LogP contribution in [0.3, 0.4) is 0 Å². The molecule has 2 rings (SSSR count). The van der Waals surface area contributed by atoms with Crippen molar-refractivity contribution in [1.82, 2.24) is 4.98 Å². The number of benzene rings is 1. The normalized spacial score (nSPS) is 10.4. The van der Waals surface area contributed by atoms with Gasteiger partial charge in [0, 0.05) is 5.38 Å². The number of thiazole rings is 1. The number of amides is 2. The molecule has 0 atom stereocenters. The Morgan fingerprint density at radius 1 is 1.38 bits per heavy atom. The summed E-state index contributed by atoms with van der Waals surface area (Å²) < 4.78 is 0. The van der Waals surface area contributed by atoms with E-state index in [1.807, 2.05) is 12.3 Å². The molecular weight excluding hydrogens is 286 g/mol. The highest BCUT2D eigenvalue weighted by Gasteiger charge is 2.14. The predicted molar refractivity (Wildman–Crippen MR) is 83.5 cm³/mol. The second kappa shape index (κ2) is 6.49. The van der Waals surface area contributed by atoms with Crippen LogP contribution >= 0.6 is 11.3 Å². The second-order valence-corrected chi connectivity index (χ2v) is 5.62. The van der Waals surface area contributed by atoms with Gasteiger partial charge in [0.1, 0.15) is 0 Å². The van der Waals surface area contributed by atoms with Crippen molar-refractivity contribution in [2.45, 2.75) is 26.7 Å². The Morgan fingerprint density at radius 3 is 2.76 bits per heavy atom. The van der Waals surface area contributed by atoms with Crippen molar-refractivity contribution in [3.8, 4) is 0 Å². The molecule has 110 valence electrons. The van der Waals surface area contributed by atoms with E-state index < -0.39 is 5.91 Å². The van der Waals surface area contributed by atoms with Gasteiger partial charge < -0.3 is 11.1 Å². The molecule has 0 unspecified atom stereocenters. The molecular formula is C15H17N3O2S. The lowest BCUT2D eigenvalue weighted by molar-refractivity contribution is -0.115. The molecule has 21 heavy (non-hydrogen) atoms. The molecule has 0 fully saturated rings. The Kier molecular flexibility index (Phi) is 4.70. The van der Waals surface area contributed by atoms with Crippen molar-refractivity contribution in [2.24, 2.45) is 5.73 Å². The highest BCUT2D eigenvalue weighted by molar-refractivity contribution is 7.09. The molecule has 1 aromatic carbocycles. The summed E-state index contributed by atoms with van der Waals surface area (Å²) in [5.74, 6) is -0.763. The Hall–Kier alpha value is -2.21. The van der Waals surface area contributed by atoms with Gasteiger partial charge in [-0.25, -0.2) is 4.98 Å². The molecule has 5 nitrogen and oxygen atoms in total. The third-order valence-corrected chi connectivity index (χ3v) is 4.08. The van der Waals surface area contributed by atoms with Crippen LogP contribution in [0.1, 0.15) is 33.5 Å². The van der Waals surface area contributed by atoms with Crippen LogP contribution < -0.4 is 11.1 Å². The Bertz CT molecular complexity index is 679. The average molecular weight is 303 g/mol. The van der Waals surface area contributed by atoms with Crippen LogP contribution in [0.4, 0.5) is 5.69 Å². The number of primary amides is 1. The number of hydrogen-bond acceptors (Lipinski definition) is 4. The lowest BCUT2D eigenvalue weighted by Gasteiger charge is -2.10. The molecule has 0 saturated carbocycles. The number of carbonyl (C=O) groups excluding carboxylic acids is 2. The minimum absolute atomic E-state index is 0.183. The number of rotatable bonds is 5. The summed E-state index contributed by atoms with van der Waals surface area (Å²) in [5, 5.41) is 5.62. The standard InChI is InChI=1S/C15H17N3O2S/c1-3-13-17-10(8-21-13)7-12(19)18-11-6-4-5-9(2)14(11)15(16)20/h4-6,8H,3,7H2,1-2H3,(H2,16,20)(H,18,19). The van der Waals surface area contributed by atoms with Gasteiger partial charge in [-0.15, -0.1) is 11.3 Å². The van der Waals surface area contributed by atoms with E-state index in [9.17, 15) is 9.59 Å². The number of anilines is 1. The third kappa shape index (κ3) is 3.66. The molecule has 0 bridgehead atoms. The molecule has 1 aromatic heterocycles. The van der Waals surface area contributed by atoms with Crippen LogP contribution in [0.15, 0.2) is 23.6 Å². The van der Waals surface area contributed by atoms with Crippen LogP contribution in [-0.4, -0.2) is 16.8 Å². The van der Waals surface area contributed by atoms with Crippen molar-refractivity contribution < 1.29 is 9.59 Å². The summed E-state index contributed by atoms with van der Waals surface area (Å²) in [5.41, 5.74) is 7.63. The first kappa shape index (κ1) is 15.2. The maximum Gasteiger partial charge on any atom is 0.251 e. The van der Waals surface area contributed by atoms with Crippen molar-refractivity contribution in [2.75, 3.05) is 5.32 Å². The zero-order valence-electron chi connectivity index (χ0n) is 12.0. The van der Waals surface area contributed by atoms with Crippen molar-refractivity contribution in [1.29, 1.82) is 0 Å². The summed E-state index contributed by atoms with van der Waals surface area (Å²) in [4.78, 5) is 27.9. The van der Waals surface area contributed by atoms with Gasteiger partial charge >= 0.3 is 0 Å². The zero-order valence-corrected chi connectivity index (χ0v) is 12.8. The molecule has 0 aliphatic carbocycles. The molecule has 0 saturated heterocycles. The fourth-order valence-corrected chi connectivity index (χ4v) is 2.80. The van der Waals surface area contributed by atoms with Gasteiger partial charge in [-0.3, -0.25) is 9.59 Å². The second-order valence-electron chi connectivity index (χ2n) is 4.67. The van der Waals surface area contributed by atoms with Gasteiger partial charge in [0.25, 0.3) is 5.91 Å². The van der Waals surface area contributed by atoms with Gasteiger partial charge in [0.05, 0.1) is 28.4 Å². The highest BCUT2D eigenvalue weighted by atomic mass is 32.1. The van der Waals surface area contributed by atoms with E-state index in [0.29, 0.717) is 11.3 Å². The minimum Gasteiger partial charge on any atom is -0.366 e. The molecule has 1 heterocycles. The quantitative estimate of drug-likeness (QED) is 0.888. The fourth-order valence-electron chi connectivity index (χ4n) is 2.05. The van der Waals surface area contributed by atoms with E-state index in [1.165, 1.54) is 0 Å². The number of aromatic nitrogens is 1. The number of nitrogens with zero attached hydrogens (tertiary/aromatic N) is 1. The van der Waals surface area contributed by atoms with Gasteiger partial charge in [0.15, 0.2) is 0 Å². The van der Waals surface area contributed by atoms with Crippen molar-refractivity contribution in [3.05, 3.63) is 45.4 Å². The first-order valence-electron chi connectivity index (χ1n) is 6.63. The number of aryl methyl sites for hydroxylation is 2. The summed E-state index contributed by atoms with van der Waals surface area (Å²) in [6.07, 6.45) is 1.04. The van der Waals surface area contributed by atoms with E-state index in [4.69, 9.17) is 5.73 Å². The fraction of sp³-hybridized carbons (Fsp3) is 0.267. The monoisotopic (exact) mass is 303 g/mol. The summed E-state index contributed by atoms with van der Waals surface area (Å²) in [6.45, 7) is 3.80. The van der Waals surface area contributed by atoms with Crippen molar-refractivity contribution >= 4 is 28.8 Å². The van der Waals surface area contributed by atoms with Crippen molar-refractivity contribution in [3.63, 3.8) is 0 Å². The number of nitrogens with two attached hydrogens (primary N) is 1. The largest absolute Gasteiger partial charge is 0.366 e. The zero-order chi connectivity index (χ0) is 15.4. The molecule has 2 amide bonds. The maximum atomic E-state index is 12.1. The van der Waals surface area contributed by atoms with Gasteiger partial charge in [0.2, 0.25) is 5.91 Å². The summed E-state index contributed by atoms with van der Waals surface area (Å²) in [7, 11) is 0. The van der Waals surface area contributed by atoms with E-state index in [0.717, 1.165) is 22.7 Å². The first-order valence-corrected chi connectivity index (χ1v) is 7.51. The van der Waals surface area contributed by atoms with E-state index in [2.05, 4.69) is 10.3 Å².